The Morgan fingerprint density at radius 3 is 2.55 bits per heavy atom. The van der Waals surface area contributed by atoms with Crippen LogP contribution in [0.25, 0.3) is 0 Å². The van der Waals surface area contributed by atoms with E-state index in [1.54, 1.807) is 25.2 Å². The van der Waals surface area contributed by atoms with Gasteiger partial charge in [0.05, 0.1) is 11.1 Å². The fourth-order valence-corrected chi connectivity index (χ4v) is 2.73. The van der Waals surface area contributed by atoms with E-state index in [4.69, 9.17) is 5.73 Å². The number of nitrogens with two attached hydrogens (primary N) is 1. The Hall–Kier alpha value is -1.62. The van der Waals surface area contributed by atoms with E-state index in [2.05, 4.69) is 10.3 Å². The lowest BCUT2D eigenvalue weighted by atomic mass is 9.81. The summed E-state index contributed by atoms with van der Waals surface area (Å²) in [6.07, 6.45) is 7.50. The van der Waals surface area contributed by atoms with Gasteiger partial charge in [-0.2, -0.15) is 0 Å². The van der Waals surface area contributed by atoms with E-state index >= 15 is 0 Å². The third kappa shape index (κ3) is 3.28. The second-order valence-corrected chi connectivity index (χ2v) is 5.80. The minimum absolute atomic E-state index is 0.0294. The monoisotopic (exact) mass is 276 g/mol. The second kappa shape index (κ2) is 6.22. The summed E-state index contributed by atoms with van der Waals surface area (Å²) >= 11 is 0. The Balaban J connectivity index is 2.08. The number of hydrogen-bond donors (Lipinski definition) is 2. The van der Waals surface area contributed by atoms with E-state index in [9.17, 15) is 4.79 Å². The van der Waals surface area contributed by atoms with Crippen molar-refractivity contribution in [2.45, 2.75) is 37.6 Å². The Morgan fingerprint density at radius 1 is 1.35 bits per heavy atom. The van der Waals surface area contributed by atoms with Crippen LogP contribution in [0.15, 0.2) is 18.3 Å². The second-order valence-electron chi connectivity index (χ2n) is 5.80. The van der Waals surface area contributed by atoms with Crippen molar-refractivity contribution in [3.63, 3.8) is 0 Å². The van der Waals surface area contributed by atoms with Crippen LogP contribution in [0, 0.1) is 0 Å². The van der Waals surface area contributed by atoms with Crippen molar-refractivity contribution in [2.24, 2.45) is 5.73 Å². The molecular weight excluding hydrogens is 252 g/mol. The first-order chi connectivity index (χ1) is 9.56. The van der Waals surface area contributed by atoms with Crippen molar-refractivity contribution >= 4 is 11.7 Å². The summed E-state index contributed by atoms with van der Waals surface area (Å²) in [6, 6.07) is 3.67. The molecule has 0 aliphatic heterocycles. The van der Waals surface area contributed by atoms with Gasteiger partial charge in [-0.1, -0.05) is 19.3 Å². The number of pyridine rings is 1. The van der Waals surface area contributed by atoms with E-state index in [-0.39, 0.29) is 11.4 Å². The highest BCUT2D eigenvalue weighted by Crippen LogP contribution is 2.30. The van der Waals surface area contributed by atoms with Gasteiger partial charge >= 0.3 is 0 Å². The maximum absolute atomic E-state index is 11.8. The topological polar surface area (TPSA) is 71.2 Å². The molecule has 1 aromatic heterocycles. The highest BCUT2D eigenvalue weighted by atomic mass is 16.2. The molecule has 1 aliphatic rings. The first kappa shape index (κ1) is 14.8. The van der Waals surface area contributed by atoms with Crippen LogP contribution < -0.4 is 11.1 Å². The highest BCUT2D eigenvalue weighted by molar-refractivity contribution is 5.93. The molecule has 110 valence electrons. The standard InChI is InChI=1S/C15H24N4O/c1-19(2)14(20)12-6-7-13(17-10-12)18-15(11-16)8-4-3-5-9-15/h6-7,10H,3-5,8-9,11,16H2,1-2H3,(H,17,18). The third-order valence-corrected chi connectivity index (χ3v) is 4.01. The number of amides is 1. The molecule has 0 radical (unpaired) electrons. The van der Waals surface area contributed by atoms with E-state index in [1.165, 1.54) is 19.3 Å². The molecule has 5 heteroatoms. The van der Waals surface area contributed by atoms with Gasteiger partial charge in [0.25, 0.3) is 5.91 Å². The lowest BCUT2D eigenvalue weighted by Crippen LogP contribution is -2.47. The van der Waals surface area contributed by atoms with E-state index in [0.29, 0.717) is 12.1 Å². The van der Waals surface area contributed by atoms with Gasteiger partial charge in [0.2, 0.25) is 0 Å². The number of carbonyl (C=O) groups is 1. The fourth-order valence-electron chi connectivity index (χ4n) is 2.73. The molecule has 0 atom stereocenters. The zero-order chi connectivity index (χ0) is 14.6. The number of carbonyl (C=O) groups excluding carboxylic acids is 1. The minimum Gasteiger partial charge on any atom is -0.363 e. The van der Waals surface area contributed by atoms with Crippen LogP contribution >= 0.6 is 0 Å². The number of aromatic nitrogens is 1. The molecule has 1 aromatic rings. The molecular formula is C15H24N4O. The van der Waals surface area contributed by atoms with Crippen LogP contribution in [0.5, 0.6) is 0 Å². The van der Waals surface area contributed by atoms with Crippen molar-refractivity contribution in [2.75, 3.05) is 26.0 Å². The number of nitrogens with one attached hydrogen (secondary N) is 1. The summed E-state index contributed by atoms with van der Waals surface area (Å²) in [6.45, 7) is 0.618. The summed E-state index contributed by atoms with van der Waals surface area (Å²) in [5.74, 6) is 0.767. The van der Waals surface area contributed by atoms with Crippen LogP contribution in [0.4, 0.5) is 5.82 Å². The number of nitrogens with zero attached hydrogens (tertiary/aromatic N) is 2. The van der Waals surface area contributed by atoms with Crippen LogP contribution in [0.3, 0.4) is 0 Å². The van der Waals surface area contributed by atoms with E-state index in [0.717, 1.165) is 18.7 Å². The molecule has 1 saturated carbocycles. The molecule has 1 amide bonds. The number of rotatable bonds is 4. The summed E-state index contributed by atoms with van der Waals surface area (Å²) in [5.41, 5.74) is 6.53. The van der Waals surface area contributed by atoms with Crippen molar-refractivity contribution in [3.8, 4) is 0 Å². The lowest BCUT2D eigenvalue weighted by molar-refractivity contribution is 0.0827. The number of hydrogen-bond acceptors (Lipinski definition) is 4. The van der Waals surface area contributed by atoms with Crippen molar-refractivity contribution in [3.05, 3.63) is 23.9 Å². The quantitative estimate of drug-likeness (QED) is 0.880. The molecule has 0 aromatic carbocycles. The molecule has 20 heavy (non-hydrogen) atoms. The average Bonchev–Trinajstić information content (AvgIpc) is 2.48. The van der Waals surface area contributed by atoms with Gasteiger partial charge in [-0.25, -0.2) is 4.98 Å². The molecule has 1 aliphatic carbocycles. The zero-order valence-electron chi connectivity index (χ0n) is 12.4. The average molecular weight is 276 g/mol. The van der Waals surface area contributed by atoms with E-state index < -0.39 is 0 Å². The van der Waals surface area contributed by atoms with Gasteiger partial charge in [0.1, 0.15) is 5.82 Å². The Labute approximate surface area is 120 Å². The van der Waals surface area contributed by atoms with Crippen molar-refractivity contribution in [1.29, 1.82) is 0 Å². The van der Waals surface area contributed by atoms with Gasteiger partial charge in [-0.05, 0) is 25.0 Å². The first-order valence-electron chi connectivity index (χ1n) is 7.22. The summed E-state index contributed by atoms with van der Waals surface area (Å²) in [5, 5.41) is 3.48. The maximum atomic E-state index is 11.8. The predicted octanol–water partition coefficient (Wildman–Crippen LogP) is 1.86. The molecule has 2 rings (SSSR count). The highest BCUT2D eigenvalue weighted by Gasteiger charge is 2.30. The normalized spacial score (nSPS) is 17.6. The molecule has 0 saturated heterocycles. The van der Waals surface area contributed by atoms with Crippen LogP contribution in [-0.4, -0.2) is 42.0 Å². The number of anilines is 1. The van der Waals surface area contributed by atoms with Gasteiger partial charge in [0, 0.05) is 26.8 Å². The summed E-state index contributed by atoms with van der Waals surface area (Å²) in [7, 11) is 3.47. The van der Waals surface area contributed by atoms with Crippen LogP contribution in [0.1, 0.15) is 42.5 Å². The minimum atomic E-state index is -0.0322. The largest absolute Gasteiger partial charge is 0.363 e. The molecule has 0 spiro atoms. The predicted molar refractivity (Wildman–Crippen MR) is 80.7 cm³/mol. The maximum Gasteiger partial charge on any atom is 0.254 e. The smallest absolute Gasteiger partial charge is 0.254 e. The first-order valence-corrected chi connectivity index (χ1v) is 7.22. The SMILES string of the molecule is CN(C)C(=O)c1ccc(NC2(CN)CCCCC2)nc1. The van der Waals surface area contributed by atoms with Gasteiger partial charge in [-0.15, -0.1) is 0 Å². The fraction of sp³-hybridized carbons (Fsp3) is 0.600. The molecule has 1 heterocycles. The lowest BCUT2D eigenvalue weighted by Gasteiger charge is -2.37. The zero-order valence-corrected chi connectivity index (χ0v) is 12.4. The van der Waals surface area contributed by atoms with Crippen molar-refractivity contribution in [1.82, 2.24) is 9.88 Å². The molecule has 0 unspecified atom stereocenters. The molecule has 5 nitrogen and oxygen atoms in total. The molecule has 3 N–H and O–H groups in total. The third-order valence-electron chi connectivity index (χ3n) is 4.01. The Morgan fingerprint density at radius 2 is 2.05 bits per heavy atom. The molecule has 1 fully saturated rings. The molecule has 0 bridgehead atoms. The van der Waals surface area contributed by atoms with Crippen LogP contribution in [-0.2, 0) is 0 Å². The Kier molecular flexibility index (Phi) is 4.60. The van der Waals surface area contributed by atoms with Gasteiger partial charge < -0.3 is 16.0 Å². The van der Waals surface area contributed by atoms with Gasteiger partial charge in [0.15, 0.2) is 0 Å². The van der Waals surface area contributed by atoms with Gasteiger partial charge in [-0.3, -0.25) is 4.79 Å². The van der Waals surface area contributed by atoms with Crippen molar-refractivity contribution < 1.29 is 4.79 Å². The van der Waals surface area contributed by atoms with E-state index in [1.807, 2.05) is 12.1 Å². The Bertz CT molecular complexity index is 449. The summed E-state index contributed by atoms with van der Waals surface area (Å²) in [4.78, 5) is 17.7. The van der Waals surface area contributed by atoms with Crippen LogP contribution in [0.2, 0.25) is 0 Å². The summed E-state index contributed by atoms with van der Waals surface area (Å²) < 4.78 is 0.